The third-order valence-corrected chi connectivity index (χ3v) is 8.51. The van der Waals surface area contributed by atoms with Gasteiger partial charge >= 0.3 is 0 Å². The number of carbonyl (C=O) groups excluding carboxylic acids is 1. The molecule has 0 spiro atoms. The standard InChI is InChI=1S/C34H41N3O5/c1-39-17-4-15-36-16-18-40-33-12-7-25(19-32(33)36)24-41-34-20-35-14-13-30(34)26-8-10-28(11-9-26)42-29-21-37(22-29)31-6-3-2-5-27(31)23-38/h2-3,5-12,19,23,29-30,34-35H,4,13-18,20-22,24H2,1H3. The SMILES string of the molecule is COCCCN1CCOc2ccc(COC3CNCCC3c3ccc(OC4CN(c5ccccc5C=O)C4)cc3)cc21. The number of anilines is 2. The summed E-state index contributed by atoms with van der Waals surface area (Å²) in [6.45, 7) is 7.25. The molecule has 2 atom stereocenters. The molecule has 2 unspecified atom stereocenters. The van der Waals surface area contributed by atoms with Crippen molar-refractivity contribution in [3.63, 3.8) is 0 Å². The summed E-state index contributed by atoms with van der Waals surface area (Å²) in [4.78, 5) is 15.9. The summed E-state index contributed by atoms with van der Waals surface area (Å²) in [6, 6.07) is 22.7. The topological polar surface area (TPSA) is 72.5 Å². The highest BCUT2D eigenvalue weighted by atomic mass is 16.5. The first-order valence-electron chi connectivity index (χ1n) is 15.1. The van der Waals surface area contributed by atoms with Gasteiger partial charge in [0, 0.05) is 44.0 Å². The summed E-state index contributed by atoms with van der Waals surface area (Å²) < 4.78 is 24.0. The number of aldehydes is 1. The quantitative estimate of drug-likeness (QED) is 0.249. The Hall–Kier alpha value is -3.59. The van der Waals surface area contributed by atoms with Crippen LogP contribution in [0.3, 0.4) is 0 Å². The van der Waals surface area contributed by atoms with Crippen LogP contribution in [0.25, 0.3) is 0 Å². The lowest BCUT2D eigenvalue weighted by molar-refractivity contribution is 0.0106. The van der Waals surface area contributed by atoms with E-state index in [1.54, 1.807) is 7.11 Å². The number of benzene rings is 3. The zero-order valence-corrected chi connectivity index (χ0v) is 24.4. The molecule has 42 heavy (non-hydrogen) atoms. The lowest BCUT2D eigenvalue weighted by Crippen LogP contribution is -2.54. The normalized spacial score (nSPS) is 20.4. The van der Waals surface area contributed by atoms with Crippen molar-refractivity contribution in [2.75, 3.05) is 69.4 Å². The predicted octanol–water partition coefficient (Wildman–Crippen LogP) is 4.66. The molecule has 222 valence electrons. The molecule has 6 rings (SSSR count). The molecule has 0 aliphatic carbocycles. The van der Waals surface area contributed by atoms with E-state index in [2.05, 4.69) is 57.6 Å². The number of fused-ring (bicyclic) bond motifs is 1. The molecule has 3 aromatic carbocycles. The van der Waals surface area contributed by atoms with Crippen molar-refractivity contribution in [3.8, 4) is 11.5 Å². The highest BCUT2D eigenvalue weighted by molar-refractivity contribution is 5.84. The minimum absolute atomic E-state index is 0.0914. The van der Waals surface area contributed by atoms with Crippen molar-refractivity contribution in [1.82, 2.24) is 5.32 Å². The number of carbonyl (C=O) groups is 1. The van der Waals surface area contributed by atoms with Crippen LogP contribution in [0.5, 0.6) is 11.5 Å². The molecule has 3 aliphatic heterocycles. The number of para-hydroxylation sites is 1. The van der Waals surface area contributed by atoms with Crippen molar-refractivity contribution in [1.29, 1.82) is 0 Å². The van der Waals surface area contributed by atoms with Crippen molar-refractivity contribution < 1.29 is 23.7 Å². The Balaban J connectivity index is 1.04. The van der Waals surface area contributed by atoms with Crippen LogP contribution < -0.4 is 24.6 Å². The summed E-state index contributed by atoms with van der Waals surface area (Å²) >= 11 is 0. The number of nitrogens with zero attached hydrogens (tertiary/aromatic N) is 2. The van der Waals surface area contributed by atoms with Gasteiger partial charge in [-0.15, -0.1) is 0 Å². The second kappa shape index (κ2) is 13.6. The summed E-state index contributed by atoms with van der Waals surface area (Å²) in [6.07, 6.45) is 3.15. The molecule has 2 fully saturated rings. The number of ether oxygens (including phenoxy) is 4. The fraction of sp³-hybridized carbons (Fsp3) is 0.441. The Bertz CT molecular complexity index is 1330. The summed E-state index contributed by atoms with van der Waals surface area (Å²) in [5.41, 5.74) is 5.29. The van der Waals surface area contributed by atoms with Crippen LogP contribution >= 0.6 is 0 Å². The molecule has 8 heteroatoms. The van der Waals surface area contributed by atoms with E-state index < -0.39 is 0 Å². The molecule has 1 N–H and O–H groups in total. The Morgan fingerprint density at radius 1 is 1.05 bits per heavy atom. The lowest BCUT2D eigenvalue weighted by atomic mass is 9.87. The first-order chi connectivity index (χ1) is 20.7. The van der Waals surface area contributed by atoms with Gasteiger partial charge in [0.2, 0.25) is 0 Å². The van der Waals surface area contributed by atoms with Crippen molar-refractivity contribution in [3.05, 3.63) is 83.4 Å². The highest BCUT2D eigenvalue weighted by Crippen LogP contribution is 2.34. The lowest BCUT2D eigenvalue weighted by Gasteiger charge is -2.41. The van der Waals surface area contributed by atoms with Crippen LogP contribution in [0.1, 0.15) is 40.2 Å². The Labute approximate surface area is 248 Å². The smallest absolute Gasteiger partial charge is 0.152 e. The average Bonchev–Trinajstić information content (AvgIpc) is 3.02. The van der Waals surface area contributed by atoms with Gasteiger partial charge in [0.1, 0.15) is 24.2 Å². The van der Waals surface area contributed by atoms with E-state index in [4.69, 9.17) is 18.9 Å². The Morgan fingerprint density at radius 3 is 2.74 bits per heavy atom. The third-order valence-electron chi connectivity index (χ3n) is 8.51. The van der Waals surface area contributed by atoms with E-state index in [0.717, 1.165) is 99.0 Å². The number of piperidine rings is 1. The van der Waals surface area contributed by atoms with Crippen LogP contribution in [0.15, 0.2) is 66.7 Å². The van der Waals surface area contributed by atoms with Gasteiger partial charge in [-0.1, -0.05) is 30.3 Å². The molecule has 3 aliphatic rings. The molecule has 0 aromatic heterocycles. The number of nitrogens with one attached hydrogen (secondary N) is 1. The molecular formula is C34H41N3O5. The first kappa shape index (κ1) is 28.5. The highest BCUT2D eigenvalue weighted by Gasteiger charge is 2.31. The molecule has 0 radical (unpaired) electrons. The first-order valence-corrected chi connectivity index (χ1v) is 15.1. The molecule has 0 amide bonds. The molecule has 3 aromatic rings. The summed E-state index contributed by atoms with van der Waals surface area (Å²) in [5, 5.41) is 3.52. The zero-order valence-electron chi connectivity index (χ0n) is 24.4. The maximum absolute atomic E-state index is 11.4. The maximum Gasteiger partial charge on any atom is 0.152 e. The Morgan fingerprint density at radius 2 is 1.90 bits per heavy atom. The van der Waals surface area contributed by atoms with E-state index in [-0.39, 0.29) is 12.2 Å². The van der Waals surface area contributed by atoms with Gasteiger partial charge in [0.05, 0.1) is 38.0 Å². The average molecular weight is 572 g/mol. The minimum atomic E-state index is 0.0914. The van der Waals surface area contributed by atoms with E-state index >= 15 is 0 Å². The largest absolute Gasteiger partial charge is 0.490 e. The second-order valence-electron chi connectivity index (χ2n) is 11.3. The van der Waals surface area contributed by atoms with Crippen LogP contribution in [0, 0.1) is 0 Å². The number of rotatable bonds is 12. The van der Waals surface area contributed by atoms with Gasteiger partial charge in [-0.05, 0) is 66.9 Å². The zero-order chi connectivity index (χ0) is 28.7. The molecule has 8 nitrogen and oxygen atoms in total. The van der Waals surface area contributed by atoms with E-state index in [9.17, 15) is 4.79 Å². The van der Waals surface area contributed by atoms with Gasteiger partial charge in [-0.25, -0.2) is 0 Å². The molecule has 3 heterocycles. The number of hydrogen-bond acceptors (Lipinski definition) is 8. The monoisotopic (exact) mass is 571 g/mol. The van der Waals surface area contributed by atoms with Crippen LogP contribution in [-0.4, -0.2) is 78.1 Å². The molecule has 0 bridgehead atoms. The van der Waals surface area contributed by atoms with E-state index in [1.807, 2.05) is 24.3 Å². The number of methoxy groups -OCH3 is 1. The van der Waals surface area contributed by atoms with E-state index in [1.165, 1.54) is 5.56 Å². The third kappa shape index (κ3) is 6.56. The van der Waals surface area contributed by atoms with Gasteiger partial charge in [-0.2, -0.15) is 0 Å². The molecule has 0 saturated carbocycles. The van der Waals surface area contributed by atoms with Gasteiger partial charge in [-0.3, -0.25) is 4.79 Å². The van der Waals surface area contributed by atoms with Crippen molar-refractivity contribution in [2.45, 2.75) is 37.6 Å². The maximum atomic E-state index is 11.4. The van der Waals surface area contributed by atoms with Crippen molar-refractivity contribution in [2.24, 2.45) is 0 Å². The fourth-order valence-corrected chi connectivity index (χ4v) is 6.20. The van der Waals surface area contributed by atoms with Gasteiger partial charge < -0.3 is 34.1 Å². The van der Waals surface area contributed by atoms with E-state index in [0.29, 0.717) is 19.1 Å². The van der Waals surface area contributed by atoms with Crippen LogP contribution in [-0.2, 0) is 16.1 Å². The predicted molar refractivity (Wildman–Crippen MR) is 164 cm³/mol. The second-order valence-corrected chi connectivity index (χ2v) is 11.3. The minimum Gasteiger partial charge on any atom is -0.490 e. The van der Waals surface area contributed by atoms with Gasteiger partial charge in [0.25, 0.3) is 0 Å². The van der Waals surface area contributed by atoms with Gasteiger partial charge in [0.15, 0.2) is 6.29 Å². The Kier molecular flexibility index (Phi) is 9.23. The fourth-order valence-electron chi connectivity index (χ4n) is 6.20. The van der Waals surface area contributed by atoms with Crippen molar-refractivity contribution >= 4 is 17.7 Å². The molecular weight excluding hydrogens is 530 g/mol. The number of hydrogen-bond donors (Lipinski definition) is 1. The van der Waals surface area contributed by atoms with Crippen LogP contribution in [0.4, 0.5) is 11.4 Å². The summed E-state index contributed by atoms with van der Waals surface area (Å²) in [7, 11) is 1.75. The summed E-state index contributed by atoms with van der Waals surface area (Å²) in [5.74, 6) is 2.15. The molecule has 2 saturated heterocycles. The van der Waals surface area contributed by atoms with Crippen LogP contribution in [0.2, 0.25) is 0 Å².